The highest BCUT2D eigenvalue weighted by Crippen LogP contribution is 2.25. The van der Waals surface area contributed by atoms with Crippen molar-refractivity contribution < 1.29 is 14.6 Å². The molecule has 110 valence electrons. The van der Waals surface area contributed by atoms with Crippen LogP contribution in [0.4, 0.5) is 5.69 Å². The molecule has 0 aromatic heterocycles. The van der Waals surface area contributed by atoms with Crippen molar-refractivity contribution in [1.82, 2.24) is 0 Å². The van der Waals surface area contributed by atoms with E-state index >= 15 is 0 Å². The molecule has 0 heterocycles. The molecule has 2 atom stereocenters. The van der Waals surface area contributed by atoms with Crippen molar-refractivity contribution >= 4 is 11.6 Å². The average Bonchev–Trinajstić information content (AvgIpc) is 2.45. The van der Waals surface area contributed by atoms with Crippen LogP contribution in [0.5, 0.6) is 0 Å². The van der Waals surface area contributed by atoms with Crippen molar-refractivity contribution in [2.75, 3.05) is 11.9 Å². The first-order valence-electron chi connectivity index (χ1n) is 7.28. The number of rotatable bonds is 5. The average molecular weight is 277 g/mol. The Bertz CT molecular complexity index is 447. The molecule has 1 aromatic rings. The van der Waals surface area contributed by atoms with Crippen LogP contribution in [0.2, 0.25) is 0 Å². The minimum absolute atomic E-state index is 0.0276. The van der Waals surface area contributed by atoms with Gasteiger partial charge in [0.1, 0.15) is 6.61 Å². The van der Waals surface area contributed by atoms with Gasteiger partial charge in [0.2, 0.25) is 5.91 Å². The van der Waals surface area contributed by atoms with Gasteiger partial charge in [-0.1, -0.05) is 31.9 Å². The summed E-state index contributed by atoms with van der Waals surface area (Å²) < 4.78 is 5.68. The van der Waals surface area contributed by atoms with Crippen LogP contribution in [0.3, 0.4) is 0 Å². The quantitative estimate of drug-likeness (QED) is 0.870. The van der Waals surface area contributed by atoms with E-state index in [2.05, 4.69) is 12.2 Å². The third-order valence-corrected chi connectivity index (χ3v) is 3.73. The van der Waals surface area contributed by atoms with Crippen LogP contribution in [-0.4, -0.2) is 23.7 Å². The zero-order chi connectivity index (χ0) is 14.4. The number of carbonyl (C=O) groups excluding carboxylic acids is 1. The van der Waals surface area contributed by atoms with Gasteiger partial charge in [-0.3, -0.25) is 4.79 Å². The third-order valence-electron chi connectivity index (χ3n) is 3.73. The maximum absolute atomic E-state index is 11.8. The predicted octanol–water partition coefficient (Wildman–Crippen LogP) is 2.71. The van der Waals surface area contributed by atoms with E-state index in [1.807, 2.05) is 12.1 Å². The second kappa shape index (κ2) is 7.41. The Morgan fingerprint density at radius 2 is 2.30 bits per heavy atom. The first kappa shape index (κ1) is 15.0. The lowest BCUT2D eigenvalue weighted by molar-refractivity contribution is -0.123. The molecule has 4 nitrogen and oxygen atoms in total. The summed E-state index contributed by atoms with van der Waals surface area (Å²) in [6.45, 7) is 2.30. The zero-order valence-corrected chi connectivity index (χ0v) is 12.0. The molecule has 0 unspecified atom stereocenters. The highest BCUT2D eigenvalue weighted by Gasteiger charge is 2.20. The van der Waals surface area contributed by atoms with E-state index in [0.29, 0.717) is 11.6 Å². The van der Waals surface area contributed by atoms with Gasteiger partial charge in [0.05, 0.1) is 12.7 Å². The predicted molar refractivity (Wildman–Crippen MR) is 78.4 cm³/mol. The van der Waals surface area contributed by atoms with E-state index < -0.39 is 0 Å². The Hall–Kier alpha value is -1.39. The van der Waals surface area contributed by atoms with Gasteiger partial charge < -0.3 is 15.2 Å². The fraction of sp³-hybridized carbons (Fsp3) is 0.562. The van der Waals surface area contributed by atoms with Crippen molar-refractivity contribution in [1.29, 1.82) is 0 Å². The number of ether oxygens (including phenoxy) is 1. The van der Waals surface area contributed by atoms with Crippen LogP contribution < -0.4 is 5.32 Å². The molecule has 0 radical (unpaired) electrons. The summed E-state index contributed by atoms with van der Waals surface area (Å²) in [6.07, 6.45) is 4.77. The van der Waals surface area contributed by atoms with Gasteiger partial charge in [0, 0.05) is 5.69 Å². The fourth-order valence-corrected chi connectivity index (χ4v) is 2.67. The minimum atomic E-state index is -0.140. The molecule has 1 aliphatic carbocycles. The molecular weight excluding hydrogens is 254 g/mol. The monoisotopic (exact) mass is 277 g/mol. The van der Waals surface area contributed by atoms with Crippen LogP contribution in [-0.2, 0) is 16.1 Å². The maximum atomic E-state index is 11.8. The normalized spacial score (nSPS) is 22.5. The largest absolute Gasteiger partial charge is 0.392 e. The Morgan fingerprint density at radius 1 is 1.45 bits per heavy atom. The first-order valence-corrected chi connectivity index (χ1v) is 7.28. The van der Waals surface area contributed by atoms with Crippen molar-refractivity contribution in [3.05, 3.63) is 29.8 Å². The van der Waals surface area contributed by atoms with Crippen molar-refractivity contribution in [3.8, 4) is 0 Å². The number of amides is 1. The smallest absolute Gasteiger partial charge is 0.250 e. The number of nitrogens with one attached hydrogen (secondary N) is 1. The lowest BCUT2D eigenvalue weighted by Gasteiger charge is -2.26. The molecule has 20 heavy (non-hydrogen) atoms. The molecular formula is C16H23NO3. The van der Waals surface area contributed by atoms with Crippen LogP contribution in [0.25, 0.3) is 0 Å². The van der Waals surface area contributed by atoms with Crippen LogP contribution in [0.1, 0.15) is 38.2 Å². The molecule has 0 saturated heterocycles. The van der Waals surface area contributed by atoms with E-state index in [0.717, 1.165) is 18.4 Å². The van der Waals surface area contributed by atoms with Crippen LogP contribution in [0.15, 0.2) is 24.3 Å². The van der Waals surface area contributed by atoms with Crippen molar-refractivity contribution in [3.63, 3.8) is 0 Å². The number of aliphatic hydroxyl groups is 1. The molecule has 2 N–H and O–H groups in total. The Morgan fingerprint density at radius 3 is 3.05 bits per heavy atom. The summed E-state index contributed by atoms with van der Waals surface area (Å²) >= 11 is 0. The SMILES string of the molecule is C[C@@H]1CCC[C@H](OCC(=O)Nc2cccc(CO)c2)C1. The number of aliphatic hydroxyl groups excluding tert-OH is 1. The highest BCUT2D eigenvalue weighted by atomic mass is 16.5. The van der Waals surface area contributed by atoms with Gasteiger partial charge in [-0.2, -0.15) is 0 Å². The molecule has 0 bridgehead atoms. The van der Waals surface area contributed by atoms with Crippen molar-refractivity contribution in [2.45, 2.75) is 45.3 Å². The summed E-state index contributed by atoms with van der Waals surface area (Å²) in [5.74, 6) is 0.552. The van der Waals surface area contributed by atoms with E-state index in [4.69, 9.17) is 9.84 Å². The molecule has 4 heteroatoms. The molecule has 0 aliphatic heterocycles. The molecule has 1 saturated carbocycles. The Balaban J connectivity index is 1.77. The number of hydrogen-bond acceptors (Lipinski definition) is 3. The number of benzene rings is 1. The molecule has 0 spiro atoms. The van der Waals surface area contributed by atoms with Gasteiger partial charge in [0.15, 0.2) is 0 Å². The van der Waals surface area contributed by atoms with Gasteiger partial charge >= 0.3 is 0 Å². The van der Waals surface area contributed by atoms with Gasteiger partial charge in [-0.05, 0) is 36.5 Å². The molecule has 2 rings (SSSR count). The lowest BCUT2D eigenvalue weighted by atomic mass is 9.89. The van der Waals surface area contributed by atoms with Crippen molar-refractivity contribution in [2.24, 2.45) is 5.92 Å². The first-order chi connectivity index (χ1) is 9.67. The summed E-state index contributed by atoms with van der Waals surface area (Å²) in [5.41, 5.74) is 1.48. The lowest BCUT2D eigenvalue weighted by Crippen LogP contribution is -2.27. The second-order valence-electron chi connectivity index (χ2n) is 5.61. The minimum Gasteiger partial charge on any atom is -0.392 e. The molecule has 1 fully saturated rings. The number of carbonyl (C=O) groups is 1. The van der Waals surface area contributed by atoms with E-state index in [-0.39, 0.29) is 25.2 Å². The molecule has 1 aliphatic rings. The maximum Gasteiger partial charge on any atom is 0.250 e. The standard InChI is InChI=1S/C16H23NO3/c1-12-4-2-7-15(8-12)20-11-16(19)17-14-6-3-5-13(9-14)10-18/h3,5-6,9,12,15,18H,2,4,7-8,10-11H2,1H3,(H,17,19)/t12-,15+/m1/s1. The van der Waals surface area contributed by atoms with Crippen LogP contribution >= 0.6 is 0 Å². The number of anilines is 1. The fourth-order valence-electron chi connectivity index (χ4n) is 2.67. The summed E-state index contributed by atoms with van der Waals surface area (Å²) in [6, 6.07) is 7.20. The highest BCUT2D eigenvalue weighted by molar-refractivity contribution is 5.91. The van der Waals surface area contributed by atoms with E-state index in [1.54, 1.807) is 12.1 Å². The summed E-state index contributed by atoms with van der Waals surface area (Å²) in [7, 11) is 0. The molecule has 1 aromatic carbocycles. The second-order valence-corrected chi connectivity index (χ2v) is 5.61. The topological polar surface area (TPSA) is 58.6 Å². The molecule has 1 amide bonds. The van der Waals surface area contributed by atoms with Gasteiger partial charge in [-0.15, -0.1) is 0 Å². The van der Waals surface area contributed by atoms with Gasteiger partial charge in [-0.25, -0.2) is 0 Å². The van der Waals surface area contributed by atoms with Gasteiger partial charge in [0.25, 0.3) is 0 Å². The van der Waals surface area contributed by atoms with Crippen LogP contribution in [0, 0.1) is 5.92 Å². The Kier molecular flexibility index (Phi) is 5.56. The van der Waals surface area contributed by atoms with E-state index in [1.165, 1.54) is 12.8 Å². The van der Waals surface area contributed by atoms with E-state index in [9.17, 15) is 4.79 Å². The Labute approximate surface area is 120 Å². The summed E-state index contributed by atoms with van der Waals surface area (Å²) in [5, 5.41) is 11.8. The summed E-state index contributed by atoms with van der Waals surface area (Å²) in [4.78, 5) is 11.8. The third kappa shape index (κ3) is 4.62. The number of hydrogen-bond donors (Lipinski definition) is 2. The zero-order valence-electron chi connectivity index (χ0n) is 12.0.